The van der Waals surface area contributed by atoms with Crippen molar-refractivity contribution in [3.05, 3.63) is 194 Å². The van der Waals surface area contributed by atoms with Crippen LogP contribution in [0.25, 0.3) is 125 Å². The van der Waals surface area contributed by atoms with Gasteiger partial charge in [0, 0.05) is 74.5 Å². The lowest BCUT2D eigenvalue weighted by atomic mass is 10.0. The summed E-state index contributed by atoms with van der Waals surface area (Å²) >= 11 is 3.54. The summed E-state index contributed by atoms with van der Waals surface area (Å²) in [5.74, 6) is 2.61. The van der Waals surface area contributed by atoms with Crippen LogP contribution in [0.3, 0.4) is 0 Å². The van der Waals surface area contributed by atoms with Gasteiger partial charge in [0.25, 0.3) is 0 Å². The fourth-order valence-electron chi connectivity index (χ4n) is 9.02. The van der Waals surface area contributed by atoms with Crippen molar-refractivity contribution in [2.75, 3.05) is 0 Å². The van der Waals surface area contributed by atoms with E-state index < -0.39 is 0 Å². The van der Waals surface area contributed by atoms with E-state index in [1.165, 1.54) is 15.5 Å². The van der Waals surface area contributed by atoms with Crippen molar-refractivity contribution in [2.24, 2.45) is 0 Å². The molecule has 0 bridgehead atoms. The van der Waals surface area contributed by atoms with Gasteiger partial charge < -0.3 is 4.57 Å². The fraction of sp³-hybridized carbons (Fsp3) is 0. The Labute approximate surface area is 369 Å². The first-order chi connectivity index (χ1) is 31.2. The van der Waals surface area contributed by atoms with E-state index in [-0.39, 0.29) is 0 Å². The second-order valence-electron chi connectivity index (χ2n) is 15.6. The number of nitrogens with zero attached hydrogens (tertiary/aromatic N) is 6. The lowest BCUT2D eigenvalue weighted by Crippen LogP contribution is -2.00. The molecule has 63 heavy (non-hydrogen) atoms. The molecule has 0 spiro atoms. The highest BCUT2D eigenvalue weighted by atomic mass is 32.1. The van der Waals surface area contributed by atoms with Crippen LogP contribution in [0.4, 0.5) is 0 Å². The zero-order valence-corrected chi connectivity index (χ0v) is 35.1. The lowest BCUT2D eigenvalue weighted by molar-refractivity contribution is 1.08. The molecule has 0 fully saturated rings. The minimum atomic E-state index is 0.637. The number of thiophene rings is 2. The summed E-state index contributed by atoms with van der Waals surface area (Å²) < 4.78 is 6.91. The average Bonchev–Trinajstić information content (AvgIpc) is 4.04. The minimum absolute atomic E-state index is 0.637. The van der Waals surface area contributed by atoms with E-state index in [9.17, 15) is 0 Å². The first-order valence-corrected chi connectivity index (χ1v) is 22.5. The number of fused-ring (bicyclic) bond motifs is 9. The van der Waals surface area contributed by atoms with Gasteiger partial charge in [-0.25, -0.2) is 24.9 Å². The van der Waals surface area contributed by atoms with Crippen molar-refractivity contribution in [2.45, 2.75) is 0 Å². The molecule has 5 heterocycles. The van der Waals surface area contributed by atoms with Gasteiger partial charge in [-0.2, -0.15) is 0 Å². The molecule has 0 atom stereocenters. The summed E-state index contributed by atoms with van der Waals surface area (Å²) in [5, 5.41) is 5.78. The molecule has 6 nitrogen and oxygen atoms in total. The number of hydrogen-bond acceptors (Lipinski definition) is 7. The van der Waals surface area contributed by atoms with Gasteiger partial charge in [-0.3, -0.25) is 0 Å². The average molecular weight is 841 g/mol. The number of benzene rings is 8. The molecule has 5 aromatic heterocycles. The summed E-state index contributed by atoms with van der Waals surface area (Å²) in [6.45, 7) is 0. The van der Waals surface area contributed by atoms with Crippen molar-refractivity contribution >= 4 is 85.0 Å². The summed E-state index contributed by atoms with van der Waals surface area (Å²) in [6, 6.07) is 67.8. The molecule has 0 radical (unpaired) electrons. The van der Waals surface area contributed by atoms with Gasteiger partial charge in [-0.05, 0) is 36.4 Å². The number of hydrogen-bond donors (Lipinski definition) is 0. The number of rotatable bonds is 6. The maximum absolute atomic E-state index is 5.55. The lowest BCUT2D eigenvalue weighted by Gasteiger charge is -2.11. The van der Waals surface area contributed by atoms with E-state index in [2.05, 4.69) is 138 Å². The zero-order valence-electron chi connectivity index (χ0n) is 33.5. The molecular formula is C55H32N6S2. The standard InChI is InChI=1S/C55H32N6S2/c1-4-16-33(17-5-1)52-58-53(34-18-6-2-7-19-34)60-55(59-52)41-25-15-29-46-47(41)40-24-14-26-42(50(40)63-46)49-51-48(39-23-11-13-28-45(39)62-51)56-54(57-49)35-30-31-38-37-22-10-12-27-43(37)61(44(38)32-35)36-20-8-3-9-21-36/h1-32H. The molecule has 0 unspecified atom stereocenters. The van der Waals surface area contributed by atoms with Crippen LogP contribution in [0.2, 0.25) is 0 Å². The quantitative estimate of drug-likeness (QED) is 0.167. The van der Waals surface area contributed by atoms with Crippen molar-refractivity contribution in [1.29, 1.82) is 0 Å². The van der Waals surface area contributed by atoms with Crippen LogP contribution in [0.1, 0.15) is 0 Å². The van der Waals surface area contributed by atoms with Gasteiger partial charge in [0.2, 0.25) is 0 Å². The van der Waals surface area contributed by atoms with E-state index in [4.69, 9.17) is 24.9 Å². The van der Waals surface area contributed by atoms with Crippen molar-refractivity contribution in [3.63, 3.8) is 0 Å². The third kappa shape index (κ3) is 5.80. The zero-order chi connectivity index (χ0) is 41.4. The van der Waals surface area contributed by atoms with Crippen LogP contribution in [-0.2, 0) is 0 Å². The van der Waals surface area contributed by atoms with Gasteiger partial charge >= 0.3 is 0 Å². The van der Waals surface area contributed by atoms with Crippen LogP contribution < -0.4 is 0 Å². The summed E-state index contributed by atoms with van der Waals surface area (Å²) in [5.41, 5.74) is 10.2. The molecule has 13 rings (SSSR count). The Balaban J connectivity index is 1.04. The SMILES string of the molecule is c1ccc(-c2nc(-c3ccccc3)nc(-c3cccc4sc5c(-c6nc(-c7ccc8c9ccccc9n(-c9ccccc9)c8c7)nc7c6sc6ccccc67)cccc5c34)n2)cc1. The van der Waals surface area contributed by atoms with Gasteiger partial charge in [0.05, 0.1) is 26.9 Å². The first-order valence-electron chi connectivity index (χ1n) is 20.8. The van der Waals surface area contributed by atoms with Crippen LogP contribution >= 0.6 is 22.7 Å². The van der Waals surface area contributed by atoms with Crippen LogP contribution in [0.15, 0.2) is 194 Å². The Hall–Kier alpha value is -7.91. The third-order valence-electron chi connectivity index (χ3n) is 11.9. The molecule has 0 saturated heterocycles. The van der Waals surface area contributed by atoms with Crippen molar-refractivity contribution in [1.82, 2.24) is 29.5 Å². The smallest absolute Gasteiger partial charge is 0.164 e. The van der Waals surface area contributed by atoms with Crippen molar-refractivity contribution < 1.29 is 0 Å². The number of para-hydroxylation sites is 2. The molecule has 8 heteroatoms. The molecule has 13 aromatic rings. The minimum Gasteiger partial charge on any atom is -0.309 e. The van der Waals surface area contributed by atoms with E-state index in [0.717, 1.165) is 86.0 Å². The Kier molecular flexibility index (Phi) is 8.15. The molecule has 0 aliphatic rings. The second-order valence-corrected chi connectivity index (χ2v) is 17.7. The van der Waals surface area contributed by atoms with Gasteiger partial charge in [-0.15, -0.1) is 22.7 Å². The van der Waals surface area contributed by atoms with Crippen LogP contribution in [-0.4, -0.2) is 29.5 Å². The molecule has 0 saturated carbocycles. The van der Waals surface area contributed by atoms with Crippen LogP contribution in [0, 0.1) is 0 Å². The molecule has 0 N–H and O–H groups in total. The molecule has 8 aromatic carbocycles. The Morgan fingerprint density at radius 1 is 0.349 bits per heavy atom. The highest BCUT2D eigenvalue weighted by Gasteiger charge is 2.23. The molecule has 0 aliphatic carbocycles. The maximum atomic E-state index is 5.55. The predicted molar refractivity (Wildman–Crippen MR) is 263 cm³/mol. The molecule has 0 amide bonds. The summed E-state index contributed by atoms with van der Waals surface area (Å²) in [6.07, 6.45) is 0. The predicted octanol–water partition coefficient (Wildman–Crippen LogP) is 14.8. The van der Waals surface area contributed by atoms with E-state index >= 15 is 0 Å². The highest BCUT2D eigenvalue weighted by Crippen LogP contribution is 2.47. The van der Waals surface area contributed by atoms with Gasteiger partial charge in [-0.1, -0.05) is 158 Å². The second kappa shape index (κ2) is 14.3. The largest absolute Gasteiger partial charge is 0.309 e. The van der Waals surface area contributed by atoms with Crippen molar-refractivity contribution in [3.8, 4) is 62.5 Å². The Morgan fingerprint density at radius 3 is 1.70 bits per heavy atom. The van der Waals surface area contributed by atoms with E-state index in [0.29, 0.717) is 23.3 Å². The normalized spacial score (nSPS) is 11.8. The number of aromatic nitrogens is 6. The fourth-order valence-corrected chi connectivity index (χ4v) is 11.4. The summed E-state index contributed by atoms with van der Waals surface area (Å²) in [7, 11) is 0. The van der Waals surface area contributed by atoms with Gasteiger partial charge in [0.1, 0.15) is 0 Å². The monoisotopic (exact) mass is 840 g/mol. The topological polar surface area (TPSA) is 69.4 Å². The van der Waals surface area contributed by atoms with E-state index in [1.807, 2.05) is 60.7 Å². The highest BCUT2D eigenvalue weighted by molar-refractivity contribution is 7.27. The third-order valence-corrected chi connectivity index (χ3v) is 14.3. The Morgan fingerprint density at radius 2 is 0.921 bits per heavy atom. The maximum Gasteiger partial charge on any atom is 0.164 e. The first kappa shape index (κ1) is 35.8. The Bertz CT molecular complexity index is 3850. The molecule has 294 valence electrons. The van der Waals surface area contributed by atoms with E-state index in [1.54, 1.807) is 22.7 Å². The molecule has 0 aliphatic heterocycles. The van der Waals surface area contributed by atoms with Crippen LogP contribution in [0.5, 0.6) is 0 Å². The summed E-state index contributed by atoms with van der Waals surface area (Å²) in [4.78, 5) is 26.2. The molecular weight excluding hydrogens is 809 g/mol. The van der Waals surface area contributed by atoms with Gasteiger partial charge in [0.15, 0.2) is 23.3 Å².